The van der Waals surface area contributed by atoms with Crippen LogP contribution in [0.2, 0.25) is 0 Å². The fourth-order valence-corrected chi connectivity index (χ4v) is 4.64. The van der Waals surface area contributed by atoms with Crippen LogP contribution in [0.5, 0.6) is 11.5 Å². The number of esters is 1. The summed E-state index contributed by atoms with van der Waals surface area (Å²) in [6.45, 7) is 3.93. The largest absolute Gasteiger partial charge is 0.491 e. The number of amides is 2. The van der Waals surface area contributed by atoms with E-state index in [4.69, 9.17) is 14.2 Å². The van der Waals surface area contributed by atoms with E-state index >= 15 is 0 Å². The van der Waals surface area contributed by atoms with Crippen LogP contribution in [0.3, 0.4) is 0 Å². The Labute approximate surface area is 195 Å². The highest BCUT2D eigenvalue weighted by atomic mass is 32.1. The van der Waals surface area contributed by atoms with Gasteiger partial charge in [0, 0.05) is 15.8 Å². The summed E-state index contributed by atoms with van der Waals surface area (Å²) in [4.78, 5) is 39.5. The average molecular weight is 469 g/mol. The lowest BCUT2D eigenvalue weighted by molar-refractivity contribution is -0.127. The van der Waals surface area contributed by atoms with Gasteiger partial charge in [-0.3, -0.25) is 14.5 Å². The summed E-state index contributed by atoms with van der Waals surface area (Å²) in [5, 5.41) is 3.56. The quantitative estimate of drug-likeness (QED) is 0.522. The molecule has 0 fully saturated rings. The number of ether oxygens (including phenoxy) is 3. The second kappa shape index (κ2) is 9.50. The molecule has 8 nitrogen and oxygen atoms in total. The Bertz CT molecular complexity index is 1220. The lowest BCUT2D eigenvalue weighted by atomic mass is 10.2. The van der Waals surface area contributed by atoms with E-state index < -0.39 is 12.1 Å². The molecule has 0 saturated carbocycles. The van der Waals surface area contributed by atoms with Crippen molar-refractivity contribution in [2.24, 2.45) is 0 Å². The Morgan fingerprint density at radius 3 is 2.76 bits per heavy atom. The van der Waals surface area contributed by atoms with Crippen molar-refractivity contribution in [2.45, 2.75) is 26.4 Å². The number of fused-ring (bicyclic) bond motifs is 2. The predicted molar refractivity (Wildman–Crippen MR) is 126 cm³/mol. The lowest BCUT2D eigenvalue weighted by Crippen LogP contribution is -2.47. The first-order valence-corrected chi connectivity index (χ1v) is 11.4. The SMILES string of the molecule is CCCOc1c(C(=O)OC)sc2ccc(NC(=O)CN3C(=O)[C@H](C)Oc4ccccc43)cc12. The van der Waals surface area contributed by atoms with Crippen LogP contribution in [-0.4, -0.2) is 44.1 Å². The molecule has 1 aromatic heterocycles. The van der Waals surface area contributed by atoms with Gasteiger partial charge in [-0.15, -0.1) is 11.3 Å². The van der Waals surface area contributed by atoms with Gasteiger partial charge in [-0.05, 0) is 43.7 Å². The van der Waals surface area contributed by atoms with Crippen molar-refractivity contribution in [3.8, 4) is 11.5 Å². The first kappa shape index (κ1) is 22.6. The van der Waals surface area contributed by atoms with Gasteiger partial charge in [0.05, 0.1) is 19.4 Å². The molecule has 0 radical (unpaired) electrons. The highest BCUT2D eigenvalue weighted by Gasteiger charge is 2.32. The minimum Gasteiger partial charge on any atom is -0.491 e. The molecule has 2 heterocycles. The van der Waals surface area contributed by atoms with Crippen LogP contribution < -0.4 is 19.7 Å². The van der Waals surface area contributed by atoms with Crippen molar-refractivity contribution in [1.29, 1.82) is 0 Å². The standard InChI is InChI=1S/C24H24N2O6S/c1-4-11-31-21-16-12-15(9-10-19(16)33-22(21)24(29)30-3)25-20(27)13-26-17-7-5-6-8-18(17)32-14(2)23(26)28/h5-10,12,14H,4,11,13H2,1-3H3,(H,25,27)/t14-/m0/s1. The van der Waals surface area contributed by atoms with E-state index in [1.54, 1.807) is 37.3 Å². The number of benzene rings is 2. The van der Waals surface area contributed by atoms with Gasteiger partial charge in [0.2, 0.25) is 5.91 Å². The van der Waals surface area contributed by atoms with E-state index in [2.05, 4.69) is 5.32 Å². The number of nitrogens with zero attached hydrogens (tertiary/aromatic N) is 1. The van der Waals surface area contributed by atoms with Gasteiger partial charge in [-0.25, -0.2) is 4.79 Å². The first-order valence-electron chi connectivity index (χ1n) is 10.6. The van der Waals surface area contributed by atoms with Gasteiger partial charge < -0.3 is 19.5 Å². The third kappa shape index (κ3) is 4.49. The predicted octanol–water partition coefficient (Wildman–Crippen LogP) is 4.23. The van der Waals surface area contributed by atoms with Crippen LogP contribution >= 0.6 is 11.3 Å². The Hall–Kier alpha value is -3.59. The minimum absolute atomic E-state index is 0.155. The molecule has 2 amide bonds. The van der Waals surface area contributed by atoms with Crippen LogP contribution in [0, 0.1) is 0 Å². The van der Waals surface area contributed by atoms with Crippen molar-refractivity contribution in [3.05, 3.63) is 47.3 Å². The highest BCUT2D eigenvalue weighted by molar-refractivity contribution is 7.21. The number of nitrogens with one attached hydrogen (secondary N) is 1. The monoisotopic (exact) mass is 468 g/mol. The summed E-state index contributed by atoms with van der Waals surface area (Å²) in [5.74, 6) is -0.0938. The Morgan fingerprint density at radius 1 is 1.21 bits per heavy atom. The molecule has 1 aliphatic heterocycles. The average Bonchev–Trinajstić information content (AvgIpc) is 3.17. The molecule has 1 aliphatic rings. The maximum atomic E-state index is 12.8. The fraction of sp³-hybridized carbons (Fsp3) is 0.292. The molecule has 1 atom stereocenters. The van der Waals surface area contributed by atoms with E-state index in [1.807, 2.05) is 19.1 Å². The molecule has 172 valence electrons. The summed E-state index contributed by atoms with van der Waals surface area (Å²) in [6.07, 6.45) is 0.104. The number of rotatable bonds is 7. The van der Waals surface area contributed by atoms with Crippen LogP contribution in [0.1, 0.15) is 29.9 Å². The Balaban J connectivity index is 1.58. The summed E-state index contributed by atoms with van der Waals surface area (Å²) in [7, 11) is 1.33. The number of para-hydroxylation sites is 2. The zero-order valence-corrected chi connectivity index (χ0v) is 19.4. The van der Waals surface area contributed by atoms with Gasteiger partial charge in [-0.1, -0.05) is 19.1 Å². The van der Waals surface area contributed by atoms with Crippen molar-refractivity contribution < 1.29 is 28.6 Å². The molecule has 4 rings (SSSR count). The van der Waals surface area contributed by atoms with Crippen LogP contribution in [0.4, 0.5) is 11.4 Å². The van der Waals surface area contributed by atoms with Gasteiger partial charge in [0.25, 0.3) is 5.91 Å². The smallest absolute Gasteiger partial charge is 0.351 e. The molecule has 1 N–H and O–H groups in total. The molecule has 33 heavy (non-hydrogen) atoms. The Kier molecular flexibility index (Phi) is 6.50. The van der Waals surface area contributed by atoms with Crippen molar-refractivity contribution in [3.63, 3.8) is 0 Å². The zero-order chi connectivity index (χ0) is 23.5. The number of hydrogen-bond donors (Lipinski definition) is 1. The van der Waals surface area contributed by atoms with Gasteiger partial charge in [0.1, 0.15) is 12.3 Å². The maximum Gasteiger partial charge on any atom is 0.351 e. The molecule has 0 saturated heterocycles. The first-order chi connectivity index (χ1) is 15.9. The number of methoxy groups -OCH3 is 1. The van der Waals surface area contributed by atoms with E-state index in [9.17, 15) is 14.4 Å². The third-order valence-corrected chi connectivity index (χ3v) is 6.25. The summed E-state index contributed by atoms with van der Waals surface area (Å²) < 4.78 is 17.2. The van der Waals surface area contributed by atoms with E-state index in [1.165, 1.54) is 23.3 Å². The summed E-state index contributed by atoms with van der Waals surface area (Å²) in [6, 6.07) is 12.4. The fourth-order valence-electron chi connectivity index (χ4n) is 3.59. The highest BCUT2D eigenvalue weighted by Crippen LogP contribution is 2.40. The number of hydrogen-bond acceptors (Lipinski definition) is 7. The Morgan fingerprint density at radius 2 is 2.00 bits per heavy atom. The second-order valence-electron chi connectivity index (χ2n) is 7.51. The molecule has 0 aliphatic carbocycles. The molecule has 9 heteroatoms. The molecular weight excluding hydrogens is 444 g/mol. The van der Waals surface area contributed by atoms with Gasteiger partial charge in [0.15, 0.2) is 16.7 Å². The van der Waals surface area contributed by atoms with Crippen LogP contribution in [0.15, 0.2) is 42.5 Å². The van der Waals surface area contributed by atoms with Crippen LogP contribution in [0.25, 0.3) is 10.1 Å². The van der Waals surface area contributed by atoms with E-state index in [-0.39, 0.29) is 18.4 Å². The van der Waals surface area contributed by atoms with Gasteiger partial charge >= 0.3 is 5.97 Å². The maximum absolute atomic E-state index is 12.8. The third-order valence-electron chi connectivity index (χ3n) is 5.12. The molecule has 0 unspecified atom stereocenters. The number of carbonyl (C=O) groups excluding carboxylic acids is 3. The summed E-state index contributed by atoms with van der Waals surface area (Å²) >= 11 is 1.28. The summed E-state index contributed by atoms with van der Waals surface area (Å²) in [5.41, 5.74) is 1.09. The lowest BCUT2D eigenvalue weighted by Gasteiger charge is -2.32. The topological polar surface area (TPSA) is 94.2 Å². The van der Waals surface area contributed by atoms with Crippen LogP contribution in [-0.2, 0) is 14.3 Å². The van der Waals surface area contributed by atoms with E-state index in [0.29, 0.717) is 39.7 Å². The zero-order valence-electron chi connectivity index (χ0n) is 18.5. The van der Waals surface area contributed by atoms with E-state index in [0.717, 1.165) is 11.1 Å². The molecule has 3 aromatic rings. The van der Waals surface area contributed by atoms with Crippen molar-refractivity contribution in [2.75, 3.05) is 30.5 Å². The van der Waals surface area contributed by atoms with Gasteiger partial charge in [-0.2, -0.15) is 0 Å². The number of anilines is 2. The molecular formula is C24H24N2O6S. The van der Waals surface area contributed by atoms with Crippen molar-refractivity contribution >= 4 is 50.6 Å². The molecule has 0 bridgehead atoms. The normalized spacial score (nSPS) is 15.1. The van der Waals surface area contributed by atoms with Crippen molar-refractivity contribution in [1.82, 2.24) is 0 Å². The molecule has 2 aromatic carbocycles. The number of carbonyl (C=O) groups is 3. The second-order valence-corrected chi connectivity index (χ2v) is 8.56. The minimum atomic E-state index is -0.676. The molecule has 0 spiro atoms. The number of thiophene rings is 1.